The lowest BCUT2D eigenvalue weighted by molar-refractivity contribution is -0.120. The van der Waals surface area contributed by atoms with E-state index in [0.717, 1.165) is 42.9 Å². The van der Waals surface area contributed by atoms with E-state index in [-0.39, 0.29) is 11.8 Å². The SMILES string of the molecule is O=C(Nc1ccc(-c2cnc[nH]2)cc1)[C@H]1CCCNC1. The van der Waals surface area contributed by atoms with Gasteiger partial charge >= 0.3 is 0 Å². The van der Waals surface area contributed by atoms with Crippen LogP contribution in [0.15, 0.2) is 36.8 Å². The Labute approximate surface area is 117 Å². The van der Waals surface area contributed by atoms with E-state index in [0.29, 0.717) is 0 Å². The molecule has 0 spiro atoms. The maximum atomic E-state index is 12.1. The minimum Gasteiger partial charge on any atom is -0.345 e. The molecule has 1 aromatic heterocycles. The van der Waals surface area contributed by atoms with Crippen LogP contribution >= 0.6 is 0 Å². The molecule has 2 aromatic rings. The number of H-pyrrole nitrogens is 1. The minimum absolute atomic E-state index is 0.0797. The molecule has 3 N–H and O–H groups in total. The number of aromatic amines is 1. The fourth-order valence-electron chi connectivity index (χ4n) is 2.47. The number of benzene rings is 1. The second-order valence-corrected chi connectivity index (χ2v) is 5.08. The molecule has 0 radical (unpaired) electrons. The first-order chi connectivity index (χ1) is 9.83. The molecule has 1 aliphatic heterocycles. The van der Waals surface area contributed by atoms with Gasteiger partial charge < -0.3 is 15.6 Å². The smallest absolute Gasteiger partial charge is 0.228 e. The number of piperidine rings is 1. The van der Waals surface area contributed by atoms with Gasteiger partial charge in [0.05, 0.1) is 24.1 Å². The van der Waals surface area contributed by atoms with Crippen molar-refractivity contribution >= 4 is 11.6 Å². The summed E-state index contributed by atoms with van der Waals surface area (Å²) in [6.07, 6.45) is 5.46. The average molecular weight is 270 g/mol. The molecule has 1 aromatic carbocycles. The fourth-order valence-corrected chi connectivity index (χ4v) is 2.47. The number of rotatable bonds is 3. The lowest BCUT2D eigenvalue weighted by Crippen LogP contribution is -2.37. The zero-order valence-electron chi connectivity index (χ0n) is 11.2. The molecule has 5 nitrogen and oxygen atoms in total. The van der Waals surface area contributed by atoms with Crippen molar-refractivity contribution < 1.29 is 4.79 Å². The molecule has 0 bridgehead atoms. The van der Waals surface area contributed by atoms with Crippen molar-refractivity contribution in [3.63, 3.8) is 0 Å². The van der Waals surface area contributed by atoms with Crippen molar-refractivity contribution in [1.29, 1.82) is 0 Å². The number of anilines is 1. The van der Waals surface area contributed by atoms with Crippen molar-refractivity contribution in [2.24, 2.45) is 5.92 Å². The molecule has 5 heteroatoms. The number of hydrogen-bond acceptors (Lipinski definition) is 3. The van der Waals surface area contributed by atoms with Crippen LogP contribution in [0.1, 0.15) is 12.8 Å². The van der Waals surface area contributed by atoms with Crippen LogP contribution in [0, 0.1) is 5.92 Å². The van der Waals surface area contributed by atoms with E-state index in [4.69, 9.17) is 0 Å². The summed E-state index contributed by atoms with van der Waals surface area (Å²) < 4.78 is 0. The van der Waals surface area contributed by atoms with Crippen LogP contribution in [0.3, 0.4) is 0 Å². The van der Waals surface area contributed by atoms with Gasteiger partial charge in [-0.25, -0.2) is 4.98 Å². The Bertz CT molecular complexity index is 556. The highest BCUT2D eigenvalue weighted by atomic mass is 16.1. The van der Waals surface area contributed by atoms with Crippen LogP contribution in [0.5, 0.6) is 0 Å². The van der Waals surface area contributed by atoms with Crippen LogP contribution in [0.25, 0.3) is 11.3 Å². The predicted octanol–water partition coefficient (Wildman–Crippen LogP) is 2.01. The summed E-state index contributed by atoms with van der Waals surface area (Å²) in [5.74, 6) is 0.183. The summed E-state index contributed by atoms with van der Waals surface area (Å²) in [5, 5.41) is 6.24. The third kappa shape index (κ3) is 2.88. The van der Waals surface area contributed by atoms with Gasteiger partial charge in [0, 0.05) is 12.2 Å². The maximum Gasteiger partial charge on any atom is 0.228 e. The second kappa shape index (κ2) is 5.88. The zero-order chi connectivity index (χ0) is 13.8. The minimum atomic E-state index is 0.0797. The summed E-state index contributed by atoms with van der Waals surface area (Å²) >= 11 is 0. The highest BCUT2D eigenvalue weighted by Gasteiger charge is 2.20. The van der Waals surface area contributed by atoms with Crippen LogP contribution in [0.2, 0.25) is 0 Å². The molecular weight excluding hydrogens is 252 g/mol. The average Bonchev–Trinajstić information content (AvgIpc) is 3.03. The molecule has 1 fully saturated rings. The first-order valence-electron chi connectivity index (χ1n) is 6.93. The van der Waals surface area contributed by atoms with Crippen molar-refractivity contribution in [1.82, 2.24) is 15.3 Å². The standard InChI is InChI=1S/C15H18N4O/c20-15(12-2-1-7-16-8-12)19-13-5-3-11(4-6-13)14-9-17-10-18-14/h3-6,9-10,12,16H,1-2,7-8H2,(H,17,18)(H,19,20)/t12-/m0/s1. The Kier molecular flexibility index (Phi) is 3.78. The molecular formula is C15H18N4O. The predicted molar refractivity (Wildman–Crippen MR) is 78.2 cm³/mol. The van der Waals surface area contributed by atoms with E-state index in [1.54, 1.807) is 12.5 Å². The van der Waals surface area contributed by atoms with Crippen LogP contribution in [0.4, 0.5) is 5.69 Å². The van der Waals surface area contributed by atoms with Gasteiger partial charge in [-0.2, -0.15) is 0 Å². The van der Waals surface area contributed by atoms with Crippen LogP contribution in [-0.4, -0.2) is 29.0 Å². The van der Waals surface area contributed by atoms with Gasteiger partial charge in [0.15, 0.2) is 0 Å². The number of hydrogen-bond donors (Lipinski definition) is 3. The number of aromatic nitrogens is 2. The molecule has 3 rings (SSSR count). The highest BCUT2D eigenvalue weighted by Crippen LogP contribution is 2.20. The first kappa shape index (κ1) is 12.9. The summed E-state index contributed by atoms with van der Waals surface area (Å²) in [5.41, 5.74) is 2.86. The topological polar surface area (TPSA) is 69.8 Å². The summed E-state index contributed by atoms with van der Waals surface area (Å²) in [7, 11) is 0. The molecule has 0 aliphatic carbocycles. The van der Waals surface area contributed by atoms with Gasteiger partial charge in [-0.3, -0.25) is 4.79 Å². The number of imidazole rings is 1. The van der Waals surface area contributed by atoms with Gasteiger partial charge in [-0.15, -0.1) is 0 Å². The van der Waals surface area contributed by atoms with Gasteiger partial charge in [0.25, 0.3) is 0 Å². The quantitative estimate of drug-likeness (QED) is 0.799. The second-order valence-electron chi connectivity index (χ2n) is 5.08. The van der Waals surface area contributed by atoms with Crippen LogP contribution < -0.4 is 10.6 Å². The van der Waals surface area contributed by atoms with E-state index in [9.17, 15) is 4.79 Å². The lowest BCUT2D eigenvalue weighted by atomic mass is 9.99. The van der Waals surface area contributed by atoms with Crippen molar-refractivity contribution in [2.45, 2.75) is 12.8 Å². The van der Waals surface area contributed by atoms with Crippen LogP contribution in [-0.2, 0) is 4.79 Å². The van der Waals surface area contributed by atoms with E-state index >= 15 is 0 Å². The molecule has 1 aliphatic rings. The Morgan fingerprint density at radius 1 is 1.30 bits per heavy atom. The summed E-state index contributed by atoms with van der Waals surface area (Å²) in [4.78, 5) is 19.2. The largest absolute Gasteiger partial charge is 0.345 e. The maximum absolute atomic E-state index is 12.1. The van der Waals surface area contributed by atoms with Gasteiger partial charge in [-0.1, -0.05) is 12.1 Å². The number of nitrogens with one attached hydrogen (secondary N) is 3. The number of carbonyl (C=O) groups is 1. The first-order valence-corrected chi connectivity index (χ1v) is 6.93. The number of nitrogens with zero attached hydrogens (tertiary/aromatic N) is 1. The Hall–Kier alpha value is -2.14. The Morgan fingerprint density at radius 3 is 2.80 bits per heavy atom. The molecule has 0 saturated carbocycles. The monoisotopic (exact) mass is 270 g/mol. The van der Waals surface area contributed by atoms with Gasteiger partial charge in [0.2, 0.25) is 5.91 Å². The summed E-state index contributed by atoms with van der Waals surface area (Å²) in [6.45, 7) is 1.79. The van der Waals surface area contributed by atoms with E-state index in [1.165, 1.54) is 0 Å². The van der Waals surface area contributed by atoms with Crippen molar-refractivity contribution in [3.8, 4) is 11.3 Å². The molecule has 1 saturated heterocycles. The van der Waals surface area contributed by atoms with Crippen molar-refractivity contribution in [2.75, 3.05) is 18.4 Å². The fraction of sp³-hybridized carbons (Fsp3) is 0.333. The molecule has 0 unspecified atom stereocenters. The lowest BCUT2D eigenvalue weighted by Gasteiger charge is -2.21. The molecule has 20 heavy (non-hydrogen) atoms. The Morgan fingerprint density at radius 2 is 2.15 bits per heavy atom. The Balaban J connectivity index is 1.64. The van der Waals surface area contributed by atoms with Gasteiger partial charge in [0.1, 0.15) is 0 Å². The molecule has 1 atom stereocenters. The summed E-state index contributed by atoms with van der Waals surface area (Å²) in [6, 6.07) is 7.79. The highest BCUT2D eigenvalue weighted by molar-refractivity contribution is 5.93. The van der Waals surface area contributed by atoms with E-state index < -0.39 is 0 Å². The van der Waals surface area contributed by atoms with E-state index in [2.05, 4.69) is 20.6 Å². The third-order valence-corrected chi connectivity index (χ3v) is 3.63. The molecule has 2 heterocycles. The van der Waals surface area contributed by atoms with Crippen molar-refractivity contribution in [3.05, 3.63) is 36.8 Å². The third-order valence-electron chi connectivity index (χ3n) is 3.63. The normalized spacial score (nSPS) is 18.7. The zero-order valence-corrected chi connectivity index (χ0v) is 11.2. The molecule has 104 valence electrons. The van der Waals surface area contributed by atoms with E-state index in [1.807, 2.05) is 24.3 Å². The number of carbonyl (C=O) groups excluding carboxylic acids is 1. The van der Waals surface area contributed by atoms with Gasteiger partial charge in [-0.05, 0) is 37.1 Å². The molecule has 1 amide bonds. The number of amides is 1.